The standard InChI is InChI=1S/C18H36N4O2/c1-3-19-17(20-15-18(23)9-5-4-6-10-18)21-16-7-11-22(12-8-16)13-14-24-2/h16,23H,3-15H2,1-2H3,(H2,19,20,21). The molecule has 0 radical (unpaired) electrons. The SMILES string of the molecule is CCNC(=NCC1(O)CCCCC1)NC1CCN(CCOC)CC1. The van der Waals surface area contributed by atoms with Crippen molar-refractivity contribution in [3.63, 3.8) is 0 Å². The maximum Gasteiger partial charge on any atom is 0.191 e. The van der Waals surface area contributed by atoms with Crippen LogP contribution in [0.4, 0.5) is 0 Å². The molecule has 1 heterocycles. The average Bonchev–Trinajstić information content (AvgIpc) is 2.60. The molecule has 1 saturated heterocycles. The Balaban J connectivity index is 1.79. The van der Waals surface area contributed by atoms with Crippen molar-refractivity contribution < 1.29 is 9.84 Å². The van der Waals surface area contributed by atoms with E-state index in [0.29, 0.717) is 12.6 Å². The fraction of sp³-hybridized carbons (Fsp3) is 0.944. The Morgan fingerprint density at radius 1 is 1.25 bits per heavy atom. The number of nitrogens with zero attached hydrogens (tertiary/aromatic N) is 2. The number of guanidine groups is 1. The zero-order valence-electron chi connectivity index (χ0n) is 15.5. The summed E-state index contributed by atoms with van der Waals surface area (Å²) in [6, 6.07) is 0.461. The van der Waals surface area contributed by atoms with E-state index in [9.17, 15) is 5.11 Å². The third kappa shape index (κ3) is 6.57. The van der Waals surface area contributed by atoms with E-state index in [1.54, 1.807) is 7.11 Å². The Labute approximate surface area is 147 Å². The number of aliphatic hydroxyl groups is 1. The lowest BCUT2D eigenvalue weighted by Crippen LogP contribution is -2.49. The quantitative estimate of drug-likeness (QED) is 0.482. The van der Waals surface area contributed by atoms with Crippen molar-refractivity contribution in [3.8, 4) is 0 Å². The summed E-state index contributed by atoms with van der Waals surface area (Å²) < 4.78 is 5.16. The Kier molecular flexibility index (Phi) is 8.29. The molecule has 0 aromatic carbocycles. The van der Waals surface area contributed by atoms with Crippen LogP contribution in [0.3, 0.4) is 0 Å². The molecule has 0 bridgehead atoms. The van der Waals surface area contributed by atoms with Crippen LogP contribution in [0.5, 0.6) is 0 Å². The van der Waals surface area contributed by atoms with E-state index in [2.05, 4.69) is 27.4 Å². The van der Waals surface area contributed by atoms with Crippen molar-refractivity contribution in [2.45, 2.75) is 63.5 Å². The lowest BCUT2D eigenvalue weighted by Gasteiger charge is -2.33. The van der Waals surface area contributed by atoms with Crippen LogP contribution in [0.2, 0.25) is 0 Å². The monoisotopic (exact) mass is 340 g/mol. The molecule has 6 heteroatoms. The van der Waals surface area contributed by atoms with Gasteiger partial charge in [0.25, 0.3) is 0 Å². The van der Waals surface area contributed by atoms with Crippen molar-refractivity contribution in [3.05, 3.63) is 0 Å². The highest BCUT2D eigenvalue weighted by Gasteiger charge is 2.29. The molecule has 6 nitrogen and oxygen atoms in total. The number of nitrogens with one attached hydrogen (secondary N) is 2. The van der Waals surface area contributed by atoms with Gasteiger partial charge in [-0.1, -0.05) is 19.3 Å². The van der Waals surface area contributed by atoms with Crippen LogP contribution < -0.4 is 10.6 Å². The summed E-state index contributed by atoms with van der Waals surface area (Å²) in [7, 11) is 1.76. The van der Waals surface area contributed by atoms with E-state index in [1.807, 2.05) is 0 Å². The molecule has 24 heavy (non-hydrogen) atoms. The Bertz CT molecular complexity index is 375. The second-order valence-corrected chi connectivity index (χ2v) is 7.23. The predicted molar refractivity (Wildman–Crippen MR) is 98.5 cm³/mol. The van der Waals surface area contributed by atoms with Crippen molar-refractivity contribution in [1.82, 2.24) is 15.5 Å². The summed E-state index contributed by atoms with van der Waals surface area (Å²) in [5, 5.41) is 17.5. The van der Waals surface area contributed by atoms with Gasteiger partial charge >= 0.3 is 0 Å². The van der Waals surface area contributed by atoms with Gasteiger partial charge in [0.2, 0.25) is 0 Å². The van der Waals surface area contributed by atoms with Gasteiger partial charge in [0.15, 0.2) is 5.96 Å². The average molecular weight is 341 g/mol. The van der Waals surface area contributed by atoms with Gasteiger partial charge in [-0.3, -0.25) is 4.99 Å². The summed E-state index contributed by atoms with van der Waals surface area (Å²) in [5.41, 5.74) is -0.593. The number of likely N-dealkylation sites (tertiary alicyclic amines) is 1. The number of hydrogen-bond donors (Lipinski definition) is 3. The van der Waals surface area contributed by atoms with E-state index < -0.39 is 5.60 Å². The molecule has 3 N–H and O–H groups in total. The summed E-state index contributed by atoms with van der Waals surface area (Å²) in [6.07, 6.45) is 7.50. The molecule has 0 amide bonds. The van der Waals surface area contributed by atoms with Gasteiger partial charge in [0, 0.05) is 39.3 Å². The second kappa shape index (κ2) is 10.2. The summed E-state index contributed by atoms with van der Waals surface area (Å²) >= 11 is 0. The minimum absolute atomic E-state index is 0.461. The highest BCUT2D eigenvalue weighted by molar-refractivity contribution is 5.80. The molecule has 2 aliphatic rings. The maximum absolute atomic E-state index is 10.6. The van der Waals surface area contributed by atoms with Crippen molar-refractivity contribution in [2.75, 3.05) is 46.4 Å². The molecule has 2 rings (SSSR count). The molecule has 1 aliphatic heterocycles. The van der Waals surface area contributed by atoms with Crippen LogP contribution in [-0.2, 0) is 4.74 Å². The van der Waals surface area contributed by atoms with Crippen molar-refractivity contribution in [2.24, 2.45) is 4.99 Å². The van der Waals surface area contributed by atoms with Crippen LogP contribution in [0.15, 0.2) is 4.99 Å². The minimum atomic E-state index is -0.593. The molecule has 0 aromatic rings. The molecule has 2 fully saturated rings. The predicted octanol–water partition coefficient (Wildman–Crippen LogP) is 1.35. The highest BCUT2D eigenvalue weighted by atomic mass is 16.5. The third-order valence-electron chi connectivity index (χ3n) is 5.20. The van der Waals surface area contributed by atoms with Crippen molar-refractivity contribution >= 4 is 5.96 Å². The fourth-order valence-electron chi connectivity index (χ4n) is 3.63. The van der Waals surface area contributed by atoms with E-state index in [1.165, 1.54) is 6.42 Å². The van der Waals surface area contributed by atoms with E-state index in [0.717, 1.165) is 77.3 Å². The first-order valence-electron chi connectivity index (χ1n) is 9.64. The first kappa shape index (κ1) is 19.5. The molecule has 1 aliphatic carbocycles. The number of ether oxygens (including phenoxy) is 1. The fourth-order valence-corrected chi connectivity index (χ4v) is 3.63. The van der Waals surface area contributed by atoms with Crippen LogP contribution in [0.25, 0.3) is 0 Å². The van der Waals surface area contributed by atoms with Crippen LogP contribution in [0.1, 0.15) is 51.9 Å². The first-order chi connectivity index (χ1) is 11.6. The van der Waals surface area contributed by atoms with Gasteiger partial charge in [-0.15, -0.1) is 0 Å². The first-order valence-corrected chi connectivity index (χ1v) is 9.64. The molecule has 0 aromatic heterocycles. The molecule has 0 unspecified atom stereocenters. The molecular weight excluding hydrogens is 304 g/mol. The topological polar surface area (TPSA) is 69.1 Å². The van der Waals surface area contributed by atoms with E-state index in [-0.39, 0.29) is 0 Å². The van der Waals surface area contributed by atoms with Gasteiger partial charge in [-0.05, 0) is 32.6 Å². The normalized spacial score (nSPS) is 23.2. The molecule has 1 saturated carbocycles. The highest BCUT2D eigenvalue weighted by Crippen LogP contribution is 2.28. The Hall–Kier alpha value is -0.850. The second-order valence-electron chi connectivity index (χ2n) is 7.23. The van der Waals surface area contributed by atoms with Gasteiger partial charge < -0.3 is 25.4 Å². The lowest BCUT2D eigenvalue weighted by molar-refractivity contribution is 0.0131. The lowest BCUT2D eigenvalue weighted by atomic mass is 9.85. The minimum Gasteiger partial charge on any atom is -0.388 e. The van der Waals surface area contributed by atoms with Crippen LogP contribution >= 0.6 is 0 Å². The maximum atomic E-state index is 10.6. The van der Waals surface area contributed by atoms with Crippen LogP contribution in [-0.4, -0.2) is 74.0 Å². The van der Waals surface area contributed by atoms with Gasteiger partial charge in [0.05, 0.1) is 18.8 Å². The zero-order chi connectivity index (χ0) is 17.3. The zero-order valence-corrected chi connectivity index (χ0v) is 15.5. The van der Waals surface area contributed by atoms with E-state index >= 15 is 0 Å². The number of hydrogen-bond acceptors (Lipinski definition) is 4. The Morgan fingerprint density at radius 2 is 1.96 bits per heavy atom. The summed E-state index contributed by atoms with van der Waals surface area (Å²) in [5.74, 6) is 0.854. The summed E-state index contributed by atoms with van der Waals surface area (Å²) in [4.78, 5) is 7.14. The molecule has 0 spiro atoms. The summed E-state index contributed by atoms with van der Waals surface area (Å²) in [6.45, 7) is 7.46. The molecular formula is C18H36N4O2. The number of methoxy groups -OCH3 is 1. The van der Waals surface area contributed by atoms with E-state index in [4.69, 9.17) is 4.74 Å². The van der Waals surface area contributed by atoms with Gasteiger partial charge in [0.1, 0.15) is 0 Å². The number of rotatable bonds is 7. The van der Waals surface area contributed by atoms with Crippen LogP contribution in [0, 0.1) is 0 Å². The Morgan fingerprint density at radius 3 is 2.58 bits per heavy atom. The van der Waals surface area contributed by atoms with Gasteiger partial charge in [-0.25, -0.2) is 0 Å². The molecule has 140 valence electrons. The smallest absolute Gasteiger partial charge is 0.191 e. The number of piperidine rings is 1. The third-order valence-corrected chi connectivity index (χ3v) is 5.20. The van der Waals surface area contributed by atoms with Gasteiger partial charge in [-0.2, -0.15) is 0 Å². The largest absolute Gasteiger partial charge is 0.388 e. The number of aliphatic imine (C=N–C) groups is 1. The van der Waals surface area contributed by atoms with Crippen molar-refractivity contribution in [1.29, 1.82) is 0 Å². The molecule has 0 atom stereocenters.